The summed E-state index contributed by atoms with van der Waals surface area (Å²) < 4.78 is 0. The molecule has 0 aromatic carbocycles. The van der Waals surface area contributed by atoms with E-state index in [1.165, 1.54) is 302 Å². The highest BCUT2D eigenvalue weighted by molar-refractivity contribution is 5.11. The fourth-order valence-electron chi connectivity index (χ4n) is 12.0. The summed E-state index contributed by atoms with van der Waals surface area (Å²) >= 11 is 0. The lowest BCUT2D eigenvalue weighted by molar-refractivity contribution is 0.00137. The van der Waals surface area contributed by atoms with Gasteiger partial charge >= 0.3 is 0 Å². The second-order valence-corrected chi connectivity index (χ2v) is 20.9. The van der Waals surface area contributed by atoms with E-state index in [0.717, 1.165) is 6.54 Å². The second kappa shape index (κ2) is 33.4. The van der Waals surface area contributed by atoms with Gasteiger partial charge < -0.3 is 0 Å². The van der Waals surface area contributed by atoms with Gasteiger partial charge in [0.15, 0.2) is 0 Å². The first-order valence-corrected chi connectivity index (χ1v) is 27.8. The molecule has 4 saturated carbocycles. The summed E-state index contributed by atoms with van der Waals surface area (Å²) in [5.74, 6) is 0. The molecule has 0 amide bonds. The first kappa shape index (κ1) is 50.5. The minimum absolute atomic E-state index is 0.138. The van der Waals surface area contributed by atoms with Crippen LogP contribution in [-0.2, 0) is 0 Å². The molecule has 4 rings (SSSR count). The zero-order valence-electron chi connectivity index (χ0n) is 39.7. The average Bonchev–Trinajstić information content (AvgIpc) is 3.24. The summed E-state index contributed by atoms with van der Waals surface area (Å²) in [6.45, 7) is 3.54. The molecule has 0 saturated heterocycles. The molecule has 0 bridgehead atoms. The Bertz CT molecular complexity index is 891. The monoisotopic (exact) mass is 811 g/mol. The molecule has 0 aromatic heterocycles. The molecule has 4 heteroatoms. The van der Waals surface area contributed by atoms with Gasteiger partial charge in [-0.2, -0.15) is 0 Å². The Morgan fingerprint density at radius 3 is 0.845 bits per heavy atom. The summed E-state index contributed by atoms with van der Waals surface area (Å²) in [4.78, 5) is 0. The van der Waals surface area contributed by atoms with Crippen LogP contribution in [0.4, 0.5) is 0 Å². The van der Waals surface area contributed by atoms with Crippen molar-refractivity contribution in [3.8, 4) is 0 Å². The van der Waals surface area contributed by atoms with Crippen LogP contribution in [0.15, 0.2) is 0 Å². The first-order valence-electron chi connectivity index (χ1n) is 27.8. The van der Waals surface area contributed by atoms with E-state index < -0.39 is 0 Å². The third kappa shape index (κ3) is 21.3. The van der Waals surface area contributed by atoms with Gasteiger partial charge in [0.05, 0.1) is 0 Å². The van der Waals surface area contributed by atoms with E-state index in [4.69, 9.17) is 16.0 Å². The fourth-order valence-corrected chi connectivity index (χ4v) is 12.0. The molecule has 4 N–H and O–H groups in total. The molecule has 342 valence electrons. The highest BCUT2D eigenvalue weighted by Gasteiger charge is 2.52. The molecule has 4 fully saturated rings. The van der Waals surface area contributed by atoms with Crippen LogP contribution >= 0.6 is 0 Å². The van der Waals surface area contributed by atoms with E-state index in [2.05, 4.69) is 12.2 Å². The Labute approximate surface area is 364 Å². The van der Waals surface area contributed by atoms with Crippen LogP contribution in [0.2, 0.25) is 0 Å². The van der Waals surface area contributed by atoms with Gasteiger partial charge in [0, 0.05) is 18.1 Å². The van der Waals surface area contributed by atoms with Crippen molar-refractivity contribution in [1.82, 2.24) is 21.3 Å². The van der Waals surface area contributed by atoms with Gasteiger partial charge in [0.2, 0.25) is 0 Å². The van der Waals surface area contributed by atoms with Crippen molar-refractivity contribution in [1.29, 1.82) is 0 Å². The molecule has 2 unspecified atom stereocenters. The summed E-state index contributed by atoms with van der Waals surface area (Å²) in [5, 5.41) is 19.1. The molecule has 0 aromatic rings. The van der Waals surface area contributed by atoms with Crippen LogP contribution < -0.4 is 21.3 Å². The van der Waals surface area contributed by atoms with E-state index in [1.54, 1.807) is 0 Å². The van der Waals surface area contributed by atoms with Crippen molar-refractivity contribution in [3.63, 3.8) is 0 Å². The lowest BCUT2D eigenvalue weighted by atomic mass is 9.78. The normalized spacial score (nSPS) is 29.3. The summed E-state index contributed by atoms with van der Waals surface area (Å²) in [5.41, 5.74) is -0.288. The molecule has 4 nitrogen and oxygen atoms in total. The van der Waals surface area contributed by atoms with Crippen LogP contribution in [0.1, 0.15) is 309 Å². The first-order chi connectivity index (χ1) is 28.8. The SMILES string of the molecule is CCCCCNC1(NC2CCCCC2)CCCCCCCCCCCCCCC1(NC1CCCCCCCCCCCCCC1)NC1CCCCCCCCCCC1. The Hall–Kier alpha value is -0.160. The number of unbranched alkanes of at least 4 members (excludes halogenated alkanes) is 2. The van der Waals surface area contributed by atoms with Crippen LogP contribution in [0.25, 0.3) is 0 Å². The molecule has 0 spiro atoms. The fraction of sp³-hybridized carbons (Fsp3) is 1.00. The van der Waals surface area contributed by atoms with Crippen LogP contribution in [0, 0.1) is 0 Å². The molecule has 0 aliphatic heterocycles. The van der Waals surface area contributed by atoms with Gasteiger partial charge in [-0.25, -0.2) is 0 Å². The van der Waals surface area contributed by atoms with E-state index in [-0.39, 0.29) is 11.3 Å². The highest BCUT2D eigenvalue weighted by Crippen LogP contribution is 2.36. The van der Waals surface area contributed by atoms with Crippen molar-refractivity contribution in [2.45, 2.75) is 338 Å². The number of rotatable bonds is 11. The third-order valence-electron chi connectivity index (χ3n) is 15.7. The molecular weight excluding hydrogens is 705 g/mol. The van der Waals surface area contributed by atoms with Crippen molar-refractivity contribution >= 4 is 0 Å². The van der Waals surface area contributed by atoms with E-state index in [1.807, 2.05) is 0 Å². The van der Waals surface area contributed by atoms with Crippen LogP contribution in [-0.4, -0.2) is 36.0 Å². The van der Waals surface area contributed by atoms with E-state index in [0.29, 0.717) is 18.1 Å². The maximum absolute atomic E-state index is 4.88. The quantitative estimate of drug-likeness (QED) is 0.124. The average molecular weight is 811 g/mol. The number of nitrogens with one attached hydrogen (secondary N) is 4. The molecule has 0 radical (unpaired) electrons. The largest absolute Gasteiger partial charge is 0.297 e. The standard InChI is InChI=1S/C54H106N4/c1-2-3-40-49-55-53(56-50-45-36-31-37-46-50)47-38-29-23-17-10-6-7-11-18-24-30-39-48-54(53,58-52-43-34-27-21-15-12-16-22-28-35-44-52)57-51-41-32-25-19-13-8-4-5-9-14-20-26-33-42-51/h50-52,55-58H,2-49H2,1H3. The van der Waals surface area contributed by atoms with Gasteiger partial charge in [-0.1, -0.05) is 251 Å². The van der Waals surface area contributed by atoms with Crippen molar-refractivity contribution in [2.24, 2.45) is 0 Å². The van der Waals surface area contributed by atoms with Crippen molar-refractivity contribution in [3.05, 3.63) is 0 Å². The molecule has 58 heavy (non-hydrogen) atoms. The van der Waals surface area contributed by atoms with Gasteiger partial charge in [0.25, 0.3) is 0 Å². The van der Waals surface area contributed by atoms with Gasteiger partial charge in [0.1, 0.15) is 11.3 Å². The van der Waals surface area contributed by atoms with Crippen LogP contribution in [0.3, 0.4) is 0 Å². The highest BCUT2D eigenvalue weighted by atomic mass is 15.4. The predicted octanol–water partition coefficient (Wildman–Crippen LogP) is 16.3. The van der Waals surface area contributed by atoms with Gasteiger partial charge in [-0.3, -0.25) is 21.3 Å². The zero-order valence-corrected chi connectivity index (χ0v) is 39.7. The summed E-state index contributed by atoms with van der Waals surface area (Å²) in [7, 11) is 0. The Morgan fingerprint density at radius 1 is 0.293 bits per heavy atom. The topological polar surface area (TPSA) is 48.1 Å². The Kier molecular flexibility index (Phi) is 29.1. The summed E-state index contributed by atoms with van der Waals surface area (Å²) in [6.07, 6.45) is 66.3. The molecule has 4 aliphatic carbocycles. The van der Waals surface area contributed by atoms with E-state index in [9.17, 15) is 0 Å². The third-order valence-corrected chi connectivity index (χ3v) is 15.7. The Balaban J connectivity index is 1.78. The maximum atomic E-state index is 4.88. The molecule has 2 atom stereocenters. The van der Waals surface area contributed by atoms with Crippen molar-refractivity contribution < 1.29 is 0 Å². The molecular formula is C54H106N4. The lowest BCUT2D eigenvalue weighted by Crippen LogP contribution is -2.83. The van der Waals surface area contributed by atoms with Crippen molar-refractivity contribution in [2.75, 3.05) is 6.54 Å². The second-order valence-electron chi connectivity index (χ2n) is 20.9. The minimum atomic E-state index is -0.150. The zero-order chi connectivity index (χ0) is 40.5. The number of hydrogen-bond acceptors (Lipinski definition) is 4. The smallest absolute Gasteiger partial charge is 0.101 e. The van der Waals surface area contributed by atoms with E-state index >= 15 is 0 Å². The minimum Gasteiger partial charge on any atom is -0.297 e. The predicted molar refractivity (Wildman–Crippen MR) is 257 cm³/mol. The van der Waals surface area contributed by atoms with Gasteiger partial charge in [-0.15, -0.1) is 0 Å². The maximum Gasteiger partial charge on any atom is 0.101 e. The lowest BCUT2D eigenvalue weighted by Gasteiger charge is -2.57. The number of hydrogen-bond donors (Lipinski definition) is 4. The molecule has 4 aliphatic rings. The van der Waals surface area contributed by atoms with Crippen LogP contribution in [0.5, 0.6) is 0 Å². The van der Waals surface area contributed by atoms with Gasteiger partial charge in [-0.05, 0) is 64.3 Å². The Morgan fingerprint density at radius 2 is 0.534 bits per heavy atom. The summed E-state index contributed by atoms with van der Waals surface area (Å²) in [6, 6.07) is 1.83. The molecule has 0 heterocycles.